The van der Waals surface area contributed by atoms with Gasteiger partial charge in [0.15, 0.2) is 0 Å². The van der Waals surface area contributed by atoms with Gasteiger partial charge in [0.2, 0.25) is 0 Å². The van der Waals surface area contributed by atoms with Gasteiger partial charge in [0.05, 0.1) is 11.9 Å². The summed E-state index contributed by atoms with van der Waals surface area (Å²) in [5, 5.41) is 3.11. The first kappa shape index (κ1) is 15.2. The Balaban J connectivity index is 2.06. The van der Waals surface area contributed by atoms with Crippen LogP contribution >= 0.6 is 0 Å². The lowest BCUT2D eigenvalue weighted by atomic mass is 10.00. The van der Waals surface area contributed by atoms with Crippen molar-refractivity contribution >= 4 is 15.9 Å². The molecule has 1 aliphatic rings. The van der Waals surface area contributed by atoms with E-state index in [2.05, 4.69) is 15.0 Å². The van der Waals surface area contributed by atoms with E-state index in [0.29, 0.717) is 24.7 Å². The van der Waals surface area contributed by atoms with Crippen LogP contribution in [0.3, 0.4) is 0 Å². The molecule has 2 heterocycles. The number of aromatic nitrogens is 1. The Morgan fingerprint density at radius 1 is 1.45 bits per heavy atom. The Kier molecular flexibility index (Phi) is 4.95. The number of aryl methyl sites for hydroxylation is 1. The van der Waals surface area contributed by atoms with E-state index in [1.54, 1.807) is 12.3 Å². The van der Waals surface area contributed by atoms with Gasteiger partial charge in [-0.05, 0) is 50.9 Å². The van der Waals surface area contributed by atoms with Crippen LogP contribution in [0.5, 0.6) is 0 Å². The van der Waals surface area contributed by atoms with Crippen LogP contribution in [0, 0.1) is 12.8 Å². The second-order valence-electron chi connectivity index (χ2n) is 5.28. The molecule has 2 rings (SSSR count). The van der Waals surface area contributed by atoms with Crippen molar-refractivity contribution in [2.45, 2.75) is 19.8 Å². The van der Waals surface area contributed by atoms with Gasteiger partial charge in [-0.15, -0.1) is 0 Å². The Morgan fingerprint density at radius 2 is 2.25 bits per heavy atom. The molecule has 0 amide bonds. The number of hydrogen-bond acceptors (Lipinski definition) is 4. The molecule has 1 saturated heterocycles. The molecular weight excluding hydrogens is 276 g/mol. The number of anilines is 1. The van der Waals surface area contributed by atoms with Gasteiger partial charge in [0.1, 0.15) is 0 Å². The summed E-state index contributed by atoms with van der Waals surface area (Å²) < 4.78 is 28.9. The summed E-state index contributed by atoms with van der Waals surface area (Å²) in [6.07, 6.45) is 5.19. The minimum absolute atomic E-state index is 0.376. The highest BCUT2D eigenvalue weighted by atomic mass is 32.2. The largest absolute Gasteiger partial charge is 0.319 e. The average Bonchev–Trinajstić information content (AvgIpc) is 2.39. The average molecular weight is 298 g/mol. The molecule has 0 saturated carbocycles. The third-order valence-corrected chi connectivity index (χ3v) is 4.94. The van der Waals surface area contributed by atoms with Crippen LogP contribution in [0.2, 0.25) is 0 Å². The van der Waals surface area contributed by atoms with Crippen molar-refractivity contribution in [1.82, 2.24) is 14.6 Å². The summed E-state index contributed by atoms with van der Waals surface area (Å²) in [5.74, 6) is 0.376. The lowest BCUT2D eigenvalue weighted by Gasteiger charge is -2.31. The molecule has 112 valence electrons. The standard InChI is InChI=1S/C13H22N4O2S/c1-11-6-13(9-15-7-11)16-20(18,19)17-5-3-4-12(10-17)8-14-2/h6-7,9,12,14,16H,3-5,8,10H2,1-2H3. The predicted molar refractivity (Wildman–Crippen MR) is 79.7 cm³/mol. The van der Waals surface area contributed by atoms with Crippen LogP contribution in [0.25, 0.3) is 0 Å². The fourth-order valence-electron chi connectivity index (χ4n) is 2.52. The molecule has 0 bridgehead atoms. The zero-order valence-corrected chi connectivity index (χ0v) is 12.8. The van der Waals surface area contributed by atoms with Gasteiger partial charge in [-0.1, -0.05) is 0 Å². The number of pyridine rings is 1. The van der Waals surface area contributed by atoms with E-state index in [4.69, 9.17) is 0 Å². The van der Waals surface area contributed by atoms with Crippen molar-refractivity contribution in [1.29, 1.82) is 0 Å². The smallest absolute Gasteiger partial charge is 0.301 e. The quantitative estimate of drug-likeness (QED) is 0.850. The first-order valence-electron chi connectivity index (χ1n) is 6.85. The maximum Gasteiger partial charge on any atom is 0.301 e. The molecule has 0 radical (unpaired) electrons. The second kappa shape index (κ2) is 6.51. The van der Waals surface area contributed by atoms with Gasteiger partial charge >= 0.3 is 10.2 Å². The predicted octanol–water partition coefficient (Wildman–Crippen LogP) is 0.978. The van der Waals surface area contributed by atoms with E-state index in [1.807, 2.05) is 14.0 Å². The molecule has 1 fully saturated rings. The molecule has 1 atom stereocenters. The molecule has 0 spiro atoms. The van der Waals surface area contributed by atoms with Crippen molar-refractivity contribution in [2.75, 3.05) is 31.4 Å². The first-order valence-corrected chi connectivity index (χ1v) is 8.29. The molecule has 2 N–H and O–H groups in total. The zero-order valence-electron chi connectivity index (χ0n) is 12.0. The highest BCUT2D eigenvalue weighted by molar-refractivity contribution is 7.90. The maximum absolute atomic E-state index is 12.4. The van der Waals surface area contributed by atoms with Crippen molar-refractivity contribution < 1.29 is 8.42 Å². The molecule has 0 aromatic carbocycles. The minimum atomic E-state index is -3.49. The number of nitrogens with one attached hydrogen (secondary N) is 2. The van der Waals surface area contributed by atoms with Gasteiger partial charge in [0, 0.05) is 19.3 Å². The van der Waals surface area contributed by atoms with E-state index in [0.717, 1.165) is 24.9 Å². The van der Waals surface area contributed by atoms with E-state index < -0.39 is 10.2 Å². The number of nitrogens with zero attached hydrogens (tertiary/aromatic N) is 2. The van der Waals surface area contributed by atoms with Crippen LogP contribution in [-0.2, 0) is 10.2 Å². The fourth-order valence-corrected chi connectivity index (χ4v) is 3.84. The number of hydrogen-bond donors (Lipinski definition) is 2. The molecule has 0 aliphatic carbocycles. The van der Waals surface area contributed by atoms with Crippen molar-refractivity contribution in [2.24, 2.45) is 5.92 Å². The van der Waals surface area contributed by atoms with Crippen LogP contribution < -0.4 is 10.0 Å². The summed E-state index contributed by atoms with van der Waals surface area (Å²) >= 11 is 0. The molecule has 6 nitrogen and oxygen atoms in total. The lowest BCUT2D eigenvalue weighted by Crippen LogP contribution is -2.44. The maximum atomic E-state index is 12.4. The van der Waals surface area contributed by atoms with Gasteiger partial charge in [-0.25, -0.2) is 0 Å². The summed E-state index contributed by atoms with van der Waals surface area (Å²) in [6.45, 7) is 3.87. The molecule has 1 unspecified atom stereocenters. The van der Waals surface area contributed by atoms with Crippen LogP contribution in [-0.4, -0.2) is 44.4 Å². The van der Waals surface area contributed by atoms with Gasteiger partial charge in [0.25, 0.3) is 0 Å². The molecule has 1 aromatic heterocycles. The second-order valence-corrected chi connectivity index (χ2v) is 6.95. The third kappa shape index (κ3) is 3.91. The normalized spacial score (nSPS) is 20.8. The van der Waals surface area contributed by atoms with E-state index in [1.165, 1.54) is 10.5 Å². The molecule has 20 heavy (non-hydrogen) atoms. The topological polar surface area (TPSA) is 74.3 Å². The van der Waals surface area contributed by atoms with Crippen LogP contribution in [0.4, 0.5) is 5.69 Å². The van der Waals surface area contributed by atoms with Crippen LogP contribution in [0.15, 0.2) is 18.5 Å². The van der Waals surface area contributed by atoms with Gasteiger partial charge in [-0.3, -0.25) is 9.71 Å². The van der Waals surface area contributed by atoms with Gasteiger partial charge in [-0.2, -0.15) is 12.7 Å². The Morgan fingerprint density at radius 3 is 2.95 bits per heavy atom. The molecular formula is C13H22N4O2S. The molecule has 7 heteroatoms. The minimum Gasteiger partial charge on any atom is -0.319 e. The number of rotatable bonds is 5. The monoisotopic (exact) mass is 298 g/mol. The number of piperidine rings is 1. The molecule has 1 aromatic rings. The van der Waals surface area contributed by atoms with Crippen LogP contribution in [0.1, 0.15) is 18.4 Å². The summed E-state index contributed by atoms with van der Waals surface area (Å²) in [4.78, 5) is 4.00. The summed E-state index contributed by atoms with van der Waals surface area (Å²) in [5.41, 5.74) is 1.44. The van der Waals surface area contributed by atoms with E-state index in [-0.39, 0.29) is 0 Å². The summed E-state index contributed by atoms with van der Waals surface area (Å²) in [6, 6.07) is 1.78. The van der Waals surface area contributed by atoms with Gasteiger partial charge < -0.3 is 5.32 Å². The van der Waals surface area contributed by atoms with Crippen molar-refractivity contribution in [3.05, 3.63) is 24.0 Å². The Bertz CT molecular complexity index is 545. The Labute approximate surface area is 120 Å². The zero-order chi connectivity index (χ0) is 14.6. The van der Waals surface area contributed by atoms with E-state index >= 15 is 0 Å². The van der Waals surface area contributed by atoms with E-state index in [9.17, 15) is 8.42 Å². The van der Waals surface area contributed by atoms with Crippen molar-refractivity contribution in [3.63, 3.8) is 0 Å². The fraction of sp³-hybridized carbons (Fsp3) is 0.615. The highest BCUT2D eigenvalue weighted by Crippen LogP contribution is 2.20. The third-order valence-electron chi connectivity index (χ3n) is 3.44. The first-order chi connectivity index (χ1) is 9.51. The molecule has 1 aliphatic heterocycles. The summed E-state index contributed by atoms with van der Waals surface area (Å²) in [7, 11) is -1.60. The SMILES string of the molecule is CNCC1CCCN(S(=O)(=O)Nc2cncc(C)c2)C1. The highest BCUT2D eigenvalue weighted by Gasteiger charge is 2.28. The Hall–Kier alpha value is -1.18. The van der Waals surface area contributed by atoms with Crippen molar-refractivity contribution in [3.8, 4) is 0 Å². The lowest BCUT2D eigenvalue weighted by molar-refractivity contribution is 0.264.